The van der Waals surface area contributed by atoms with Crippen LogP contribution in [0.4, 0.5) is 4.79 Å². The molecule has 0 aromatic heterocycles. The first-order valence-electron chi connectivity index (χ1n) is 6.51. The average molecular weight is 294 g/mol. The first-order valence-corrected chi connectivity index (χ1v) is 6.51. The van der Waals surface area contributed by atoms with Gasteiger partial charge in [-0.2, -0.15) is 0 Å². The number of aliphatic hydroxyl groups excluding tert-OH is 4. The summed E-state index contributed by atoms with van der Waals surface area (Å²) in [4.78, 5) is 16.1. The molecular weight excluding hydrogens is 272 g/mol. The molecule has 0 bridgehead atoms. The minimum Gasteiger partial charge on any atom is -0.394 e. The Morgan fingerprint density at radius 3 is 2.55 bits per heavy atom. The van der Waals surface area contributed by atoms with E-state index in [9.17, 15) is 20.1 Å². The molecule has 1 fully saturated rings. The number of carbonyl (C=O) groups excluding carboxylic acids is 1. The second kappa shape index (κ2) is 8.35. The minimum absolute atomic E-state index is 0.473. The number of aliphatic hydroxyl groups is 4. The van der Waals surface area contributed by atoms with Crippen LogP contribution in [0.3, 0.4) is 0 Å². The van der Waals surface area contributed by atoms with E-state index < -0.39 is 43.3 Å². The van der Waals surface area contributed by atoms with Gasteiger partial charge in [0.2, 0.25) is 6.29 Å². The molecule has 0 aromatic carbocycles. The van der Waals surface area contributed by atoms with Crippen molar-refractivity contribution in [3.05, 3.63) is 0 Å². The lowest BCUT2D eigenvalue weighted by molar-refractivity contribution is -0.311. The van der Waals surface area contributed by atoms with Crippen molar-refractivity contribution >= 4 is 6.03 Å². The number of ether oxygens (including phenoxy) is 1. The predicted octanol–water partition coefficient (Wildman–Crippen LogP) is -2.18. The normalized spacial score (nSPS) is 33.8. The molecule has 0 spiro atoms. The SMILES string of the molecule is CCCCNC(=O)NOC1OC(CO)C(O)C(O)C1O. The van der Waals surface area contributed by atoms with Gasteiger partial charge in [-0.05, 0) is 6.42 Å². The van der Waals surface area contributed by atoms with Gasteiger partial charge < -0.3 is 30.5 Å². The average Bonchev–Trinajstić information content (AvgIpc) is 2.44. The van der Waals surface area contributed by atoms with E-state index >= 15 is 0 Å². The second-order valence-corrected chi connectivity index (χ2v) is 4.53. The Bertz CT molecular complexity index is 302. The van der Waals surface area contributed by atoms with Crippen LogP contribution in [0.25, 0.3) is 0 Å². The summed E-state index contributed by atoms with van der Waals surface area (Å²) in [5.41, 5.74) is 2.01. The fourth-order valence-corrected chi connectivity index (χ4v) is 1.69. The lowest BCUT2D eigenvalue weighted by Crippen LogP contribution is -2.60. The quantitative estimate of drug-likeness (QED) is 0.242. The smallest absolute Gasteiger partial charge is 0.338 e. The van der Waals surface area contributed by atoms with Gasteiger partial charge in [0, 0.05) is 6.54 Å². The summed E-state index contributed by atoms with van der Waals surface area (Å²) < 4.78 is 5.03. The van der Waals surface area contributed by atoms with Crippen LogP contribution in [0, 0.1) is 0 Å². The van der Waals surface area contributed by atoms with Gasteiger partial charge in [0.1, 0.15) is 24.4 Å². The molecule has 1 aliphatic rings. The van der Waals surface area contributed by atoms with E-state index in [2.05, 4.69) is 5.32 Å². The Labute approximate surface area is 116 Å². The third kappa shape index (κ3) is 4.54. The zero-order valence-electron chi connectivity index (χ0n) is 11.2. The third-order valence-corrected chi connectivity index (χ3v) is 2.93. The second-order valence-electron chi connectivity index (χ2n) is 4.53. The Morgan fingerprint density at radius 1 is 1.25 bits per heavy atom. The van der Waals surface area contributed by atoms with Crippen LogP contribution in [0.5, 0.6) is 0 Å². The molecule has 1 rings (SSSR count). The fourth-order valence-electron chi connectivity index (χ4n) is 1.69. The highest BCUT2D eigenvalue weighted by molar-refractivity contribution is 5.72. The van der Waals surface area contributed by atoms with Crippen LogP contribution in [0.15, 0.2) is 0 Å². The summed E-state index contributed by atoms with van der Waals surface area (Å²) in [6, 6.07) is -0.615. The number of unbranched alkanes of at least 4 members (excludes halogenated alkanes) is 1. The standard InChI is InChI=1S/C11H22N2O7/c1-2-3-4-12-11(18)13-20-10-9(17)8(16)7(15)6(5-14)19-10/h6-10,14-17H,2-5H2,1H3,(H2,12,13,18). The summed E-state index contributed by atoms with van der Waals surface area (Å²) in [7, 11) is 0. The molecule has 1 aliphatic heterocycles. The maximum Gasteiger partial charge on any atom is 0.338 e. The zero-order valence-corrected chi connectivity index (χ0v) is 11.2. The van der Waals surface area contributed by atoms with E-state index in [1.165, 1.54) is 0 Å². The van der Waals surface area contributed by atoms with Crippen LogP contribution in [0.2, 0.25) is 0 Å². The van der Waals surface area contributed by atoms with Gasteiger partial charge in [0.25, 0.3) is 0 Å². The van der Waals surface area contributed by atoms with Gasteiger partial charge in [-0.15, -0.1) is 0 Å². The fraction of sp³-hybridized carbons (Fsp3) is 0.909. The predicted molar refractivity (Wildman–Crippen MR) is 66.3 cm³/mol. The summed E-state index contributed by atoms with van der Waals surface area (Å²) in [5.74, 6) is 0. The van der Waals surface area contributed by atoms with Crippen LogP contribution in [-0.2, 0) is 9.57 Å². The highest BCUT2D eigenvalue weighted by Crippen LogP contribution is 2.21. The molecule has 118 valence electrons. The summed E-state index contributed by atoms with van der Waals surface area (Å²) in [6.45, 7) is 1.89. The van der Waals surface area contributed by atoms with Crippen molar-refractivity contribution in [3.63, 3.8) is 0 Å². The summed E-state index contributed by atoms with van der Waals surface area (Å²) in [5, 5.41) is 40.2. The van der Waals surface area contributed by atoms with Crippen molar-refractivity contribution in [2.75, 3.05) is 13.2 Å². The number of hydrogen-bond donors (Lipinski definition) is 6. The highest BCUT2D eigenvalue weighted by atomic mass is 16.8. The van der Waals surface area contributed by atoms with E-state index in [1.807, 2.05) is 12.4 Å². The maximum atomic E-state index is 11.3. The van der Waals surface area contributed by atoms with Gasteiger partial charge in [0.05, 0.1) is 6.61 Å². The number of rotatable bonds is 6. The Balaban J connectivity index is 2.40. The molecule has 9 heteroatoms. The zero-order chi connectivity index (χ0) is 15.1. The minimum atomic E-state index is -1.55. The first kappa shape index (κ1) is 17.1. The Morgan fingerprint density at radius 2 is 1.95 bits per heavy atom. The number of amides is 2. The van der Waals surface area contributed by atoms with E-state index in [4.69, 9.17) is 14.7 Å². The number of nitrogens with one attached hydrogen (secondary N) is 2. The molecule has 1 saturated heterocycles. The van der Waals surface area contributed by atoms with Crippen molar-refractivity contribution in [1.29, 1.82) is 0 Å². The molecule has 6 N–H and O–H groups in total. The molecule has 2 amide bonds. The van der Waals surface area contributed by atoms with Crippen molar-refractivity contribution < 1.29 is 34.8 Å². The van der Waals surface area contributed by atoms with Crippen LogP contribution in [-0.4, -0.2) is 70.3 Å². The topological polar surface area (TPSA) is 141 Å². The lowest BCUT2D eigenvalue weighted by Gasteiger charge is -2.39. The van der Waals surface area contributed by atoms with E-state index in [0.717, 1.165) is 12.8 Å². The molecule has 0 aliphatic carbocycles. The van der Waals surface area contributed by atoms with Crippen LogP contribution < -0.4 is 10.8 Å². The maximum absolute atomic E-state index is 11.3. The van der Waals surface area contributed by atoms with Gasteiger partial charge in [-0.1, -0.05) is 13.3 Å². The third-order valence-electron chi connectivity index (χ3n) is 2.93. The van der Waals surface area contributed by atoms with Crippen LogP contribution >= 0.6 is 0 Å². The van der Waals surface area contributed by atoms with Crippen LogP contribution in [0.1, 0.15) is 19.8 Å². The van der Waals surface area contributed by atoms with Crippen molar-refractivity contribution in [3.8, 4) is 0 Å². The van der Waals surface area contributed by atoms with Gasteiger partial charge in [-0.3, -0.25) is 0 Å². The Kier molecular flexibility index (Phi) is 7.13. The molecular formula is C11H22N2O7. The number of urea groups is 1. The lowest BCUT2D eigenvalue weighted by atomic mass is 9.99. The molecule has 0 aromatic rings. The molecule has 20 heavy (non-hydrogen) atoms. The number of hydroxylamine groups is 1. The molecule has 5 atom stereocenters. The molecule has 1 heterocycles. The van der Waals surface area contributed by atoms with E-state index in [1.54, 1.807) is 0 Å². The number of carbonyl (C=O) groups is 1. The van der Waals surface area contributed by atoms with Crippen molar-refractivity contribution in [1.82, 2.24) is 10.8 Å². The first-order chi connectivity index (χ1) is 9.51. The largest absolute Gasteiger partial charge is 0.394 e. The van der Waals surface area contributed by atoms with Gasteiger partial charge >= 0.3 is 6.03 Å². The molecule has 9 nitrogen and oxygen atoms in total. The van der Waals surface area contributed by atoms with E-state index in [-0.39, 0.29) is 0 Å². The van der Waals surface area contributed by atoms with E-state index in [0.29, 0.717) is 6.54 Å². The monoisotopic (exact) mass is 294 g/mol. The molecule has 0 radical (unpaired) electrons. The van der Waals surface area contributed by atoms with Gasteiger partial charge in [-0.25, -0.2) is 15.1 Å². The number of hydrogen-bond acceptors (Lipinski definition) is 7. The highest BCUT2D eigenvalue weighted by Gasteiger charge is 2.44. The molecule has 0 saturated carbocycles. The van der Waals surface area contributed by atoms with Crippen molar-refractivity contribution in [2.24, 2.45) is 0 Å². The Hall–Kier alpha value is -0.970. The van der Waals surface area contributed by atoms with Crippen molar-refractivity contribution in [2.45, 2.75) is 50.5 Å². The summed E-state index contributed by atoms with van der Waals surface area (Å²) >= 11 is 0. The summed E-state index contributed by atoms with van der Waals surface area (Å²) in [6.07, 6.45) is -5.29. The molecule has 5 unspecified atom stereocenters. The van der Waals surface area contributed by atoms with Gasteiger partial charge in [0.15, 0.2) is 0 Å².